The van der Waals surface area contributed by atoms with Gasteiger partial charge in [0.15, 0.2) is 11.5 Å². The van der Waals surface area contributed by atoms with Crippen LogP contribution in [0.5, 0.6) is 11.5 Å². The number of nitrogens with one attached hydrogen (secondary N) is 1. The minimum Gasteiger partial charge on any atom is -0.486 e. The van der Waals surface area contributed by atoms with Crippen LogP contribution in [0.25, 0.3) is 0 Å². The van der Waals surface area contributed by atoms with E-state index in [1.165, 1.54) is 28.6 Å². The van der Waals surface area contributed by atoms with Crippen molar-refractivity contribution in [1.29, 1.82) is 0 Å². The van der Waals surface area contributed by atoms with Crippen LogP contribution in [0.15, 0.2) is 52.3 Å². The molecule has 0 radical (unpaired) electrons. The van der Waals surface area contributed by atoms with E-state index in [-0.39, 0.29) is 34.2 Å². The Balaban J connectivity index is 1.32. The summed E-state index contributed by atoms with van der Waals surface area (Å²) < 4.78 is 63.2. The van der Waals surface area contributed by atoms with Gasteiger partial charge >= 0.3 is 0 Å². The molecule has 2 heterocycles. The summed E-state index contributed by atoms with van der Waals surface area (Å²) in [6, 6.07) is 9.74. The average molecular weight is 550 g/mol. The van der Waals surface area contributed by atoms with Crippen molar-refractivity contribution in [2.24, 2.45) is 11.1 Å². The second kappa shape index (κ2) is 10.2. The fourth-order valence-electron chi connectivity index (χ4n) is 5.59. The van der Waals surface area contributed by atoms with Crippen molar-refractivity contribution < 1.29 is 31.1 Å². The molecule has 3 N–H and O–H groups in total. The van der Waals surface area contributed by atoms with Gasteiger partial charge < -0.3 is 14.8 Å². The van der Waals surface area contributed by atoms with Gasteiger partial charge in [-0.25, -0.2) is 22.0 Å². The molecule has 1 amide bonds. The summed E-state index contributed by atoms with van der Waals surface area (Å²) in [7, 11) is -7.73. The van der Waals surface area contributed by atoms with E-state index in [0.29, 0.717) is 37.6 Å². The van der Waals surface area contributed by atoms with Gasteiger partial charge in [0, 0.05) is 18.7 Å². The number of fused-ring (bicyclic) bond motifs is 2. The maximum atomic E-state index is 13.9. The lowest BCUT2D eigenvalue weighted by Gasteiger charge is -2.33. The first kappa shape index (κ1) is 26.0. The third kappa shape index (κ3) is 5.33. The van der Waals surface area contributed by atoms with E-state index in [9.17, 15) is 21.6 Å². The average Bonchev–Trinajstić information content (AvgIpc) is 3.29. The number of ether oxygens (including phenoxy) is 2. The number of carbonyl (C=O) groups excluding carboxylic acids is 1. The molecule has 37 heavy (non-hydrogen) atoms. The highest BCUT2D eigenvalue weighted by molar-refractivity contribution is 7.89. The zero-order chi connectivity index (χ0) is 26.2. The van der Waals surface area contributed by atoms with Crippen molar-refractivity contribution in [2.75, 3.05) is 19.8 Å². The Morgan fingerprint density at radius 2 is 1.62 bits per heavy atom. The van der Waals surface area contributed by atoms with Gasteiger partial charge in [-0.05, 0) is 61.4 Å². The first-order valence-corrected chi connectivity index (χ1v) is 15.5. The number of nitrogens with zero attached hydrogens (tertiary/aromatic N) is 1. The fraction of sp³-hybridized carbons (Fsp3) is 0.480. The number of rotatable bonds is 7. The van der Waals surface area contributed by atoms with Crippen molar-refractivity contribution in [3.8, 4) is 11.5 Å². The van der Waals surface area contributed by atoms with Crippen LogP contribution >= 0.6 is 0 Å². The Kier molecular flexibility index (Phi) is 7.18. The molecule has 0 aromatic heterocycles. The highest BCUT2D eigenvalue weighted by atomic mass is 32.2. The summed E-state index contributed by atoms with van der Waals surface area (Å²) in [4.78, 5) is 13.4. The number of carbonyl (C=O) groups is 1. The lowest BCUT2D eigenvalue weighted by atomic mass is 9.85. The van der Waals surface area contributed by atoms with Gasteiger partial charge in [-0.15, -0.1) is 0 Å². The van der Waals surface area contributed by atoms with Gasteiger partial charge in [-0.1, -0.05) is 25.0 Å². The first-order chi connectivity index (χ1) is 17.6. The predicted octanol–water partition coefficient (Wildman–Crippen LogP) is 1.79. The summed E-state index contributed by atoms with van der Waals surface area (Å²) in [5, 5.41) is 8.04. The van der Waals surface area contributed by atoms with Crippen LogP contribution in [0.1, 0.15) is 37.7 Å². The van der Waals surface area contributed by atoms with Crippen molar-refractivity contribution in [1.82, 2.24) is 9.62 Å². The minimum atomic E-state index is -3.96. The Labute approximate surface area is 217 Å². The van der Waals surface area contributed by atoms with Crippen LogP contribution in [0.2, 0.25) is 0 Å². The Bertz CT molecular complexity index is 1380. The molecule has 0 bridgehead atoms. The van der Waals surface area contributed by atoms with Gasteiger partial charge in [-0.3, -0.25) is 4.79 Å². The molecule has 200 valence electrons. The molecular formula is C25H31N3O7S2. The van der Waals surface area contributed by atoms with E-state index < -0.39 is 26.1 Å². The zero-order valence-corrected chi connectivity index (χ0v) is 22.0. The molecule has 1 saturated heterocycles. The second-order valence-corrected chi connectivity index (χ2v) is 13.1. The minimum absolute atomic E-state index is 0.0221. The fourth-order valence-corrected chi connectivity index (χ4v) is 7.99. The maximum absolute atomic E-state index is 13.9. The standard InChI is InChI=1S/C25H31N3O7S2/c26-36(30,31)19-7-5-17(6-8-19)11-12-27-25(29)22-15-18-3-1-2-4-21(18)28(22)37(32,33)20-9-10-23-24(16-20)35-14-13-34-23/h5-10,16,18,21-22H,1-4,11-15H2,(H,27,29)(H2,26,30,31)/t18-,21+,22+/m1/s1. The number of nitrogens with two attached hydrogens (primary N) is 1. The summed E-state index contributed by atoms with van der Waals surface area (Å²) >= 11 is 0. The molecule has 2 aromatic rings. The van der Waals surface area contributed by atoms with E-state index in [1.54, 1.807) is 18.2 Å². The number of primary sulfonamides is 1. The van der Waals surface area contributed by atoms with Crippen molar-refractivity contribution in [2.45, 2.75) is 60.4 Å². The number of sulfonamides is 2. The quantitative estimate of drug-likeness (QED) is 0.536. The van der Waals surface area contributed by atoms with Gasteiger partial charge in [0.2, 0.25) is 26.0 Å². The highest BCUT2D eigenvalue weighted by Crippen LogP contribution is 2.43. The molecule has 1 saturated carbocycles. The smallest absolute Gasteiger partial charge is 0.244 e. The molecule has 0 unspecified atom stereocenters. The Hall–Kier alpha value is -2.67. The maximum Gasteiger partial charge on any atom is 0.244 e. The van der Waals surface area contributed by atoms with Crippen LogP contribution in [-0.4, -0.2) is 58.9 Å². The molecule has 3 atom stereocenters. The van der Waals surface area contributed by atoms with Crippen LogP contribution in [0.4, 0.5) is 0 Å². The summed E-state index contributed by atoms with van der Waals surface area (Å²) in [6.45, 7) is 1.05. The van der Waals surface area contributed by atoms with Gasteiger partial charge in [0.25, 0.3) is 0 Å². The molecule has 5 rings (SSSR count). The van der Waals surface area contributed by atoms with E-state index in [4.69, 9.17) is 14.6 Å². The summed E-state index contributed by atoms with van der Waals surface area (Å²) in [5.74, 6) is 0.716. The SMILES string of the molecule is NS(=O)(=O)c1ccc(CCNC(=O)[C@@H]2C[C@H]3CCCC[C@@H]3N2S(=O)(=O)c2ccc3c(c2)OCCO3)cc1. The normalized spacial score (nSPS) is 23.9. The molecule has 12 heteroatoms. The van der Waals surface area contributed by atoms with Crippen LogP contribution in [-0.2, 0) is 31.3 Å². The molecule has 2 aromatic carbocycles. The summed E-state index contributed by atoms with van der Waals surface area (Å²) in [5.41, 5.74) is 0.827. The number of hydrogen-bond donors (Lipinski definition) is 2. The van der Waals surface area contributed by atoms with E-state index in [1.807, 2.05) is 0 Å². The van der Waals surface area contributed by atoms with Crippen molar-refractivity contribution in [3.05, 3.63) is 48.0 Å². The summed E-state index contributed by atoms with van der Waals surface area (Å²) in [6.07, 6.45) is 4.54. The van der Waals surface area contributed by atoms with E-state index >= 15 is 0 Å². The van der Waals surface area contributed by atoms with E-state index in [0.717, 1.165) is 31.2 Å². The van der Waals surface area contributed by atoms with Gasteiger partial charge in [0.1, 0.15) is 19.3 Å². The van der Waals surface area contributed by atoms with Gasteiger partial charge in [-0.2, -0.15) is 4.31 Å². The zero-order valence-electron chi connectivity index (χ0n) is 20.3. The largest absolute Gasteiger partial charge is 0.486 e. The predicted molar refractivity (Wildman–Crippen MR) is 135 cm³/mol. The van der Waals surface area contributed by atoms with Crippen molar-refractivity contribution in [3.63, 3.8) is 0 Å². The first-order valence-electron chi connectivity index (χ1n) is 12.5. The van der Waals surface area contributed by atoms with E-state index in [2.05, 4.69) is 5.32 Å². The number of amides is 1. The molecule has 2 aliphatic heterocycles. The molecule has 3 aliphatic rings. The monoisotopic (exact) mass is 549 g/mol. The van der Waals surface area contributed by atoms with Gasteiger partial charge in [0.05, 0.1) is 9.79 Å². The third-order valence-corrected chi connectivity index (χ3v) is 10.2. The Morgan fingerprint density at radius 1 is 0.946 bits per heavy atom. The van der Waals surface area contributed by atoms with Crippen LogP contribution in [0, 0.1) is 5.92 Å². The second-order valence-electron chi connectivity index (χ2n) is 9.73. The number of hydrogen-bond acceptors (Lipinski definition) is 7. The lowest BCUT2D eigenvalue weighted by molar-refractivity contribution is -0.124. The molecule has 10 nitrogen and oxygen atoms in total. The van der Waals surface area contributed by atoms with Crippen LogP contribution < -0.4 is 19.9 Å². The van der Waals surface area contributed by atoms with Crippen LogP contribution in [0.3, 0.4) is 0 Å². The Morgan fingerprint density at radius 3 is 2.35 bits per heavy atom. The molecule has 2 fully saturated rings. The topological polar surface area (TPSA) is 145 Å². The van der Waals surface area contributed by atoms with Crippen molar-refractivity contribution >= 4 is 26.0 Å². The molecular weight excluding hydrogens is 518 g/mol. The highest BCUT2D eigenvalue weighted by Gasteiger charge is 2.51. The molecule has 1 aliphatic carbocycles. The molecule has 0 spiro atoms. The number of benzene rings is 2. The third-order valence-electron chi connectivity index (χ3n) is 7.39. The lowest BCUT2D eigenvalue weighted by Crippen LogP contribution is -2.49.